The average Bonchev–Trinajstić information content (AvgIpc) is 3.00. The number of sulfonamides is 1. The second-order valence-electron chi connectivity index (χ2n) is 7.28. The van der Waals surface area contributed by atoms with E-state index in [9.17, 15) is 18.0 Å². The number of hydrogen-bond donors (Lipinski definition) is 0. The summed E-state index contributed by atoms with van der Waals surface area (Å²) in [6.07, 6.45) is 4.14. The summed E-state index contributed by atoms with van der Waals surface area (Å²) in [6, 6.07) is 4.48. The zero-order valence-corrected chi connectivity index (χ0v) is 17.9. The van der Waals surface area contributed by atoms with Gasteiger partial charge in [0.05, 0.1) is 10.6 Å². The molecule has 1 aromatic rings. The molecule has 0 aromatic heterocycles. The van der Waals surface area contributed by atoms with Crippen molar-refractivity contribution >= 4 is 27.5 Å². The molecule has 2 amide bonds. The van der Waals surface area contributed by atoms with Crippen molar-refractivity contribution in [3.8, 4) is 5.75 Å². The molecule has 1 fully saturated rings. The second-order valence-corrected chi connectivity index (χ2v) is 9.22. The SMILES string of the molecule is CCN(CC)S(=O)(=O)c1ccc2c(c1)N(CC(=O)N1CCCCCC1)C(=O)CO2. The third-order valence-electron chi connectivity index (χ3n) is 5.47. The predicted molar refractivity (Wildman–Crippen MR) is 109 cm³/mol. The fourth-order valence-electron chi connectivity index (χ4n) is 3.78. The number of carbonyl (C=O) groups is 2. The predicted octanol–water partition coefficient (Wildman–Crippen LogP) is 1.85. The molecule has 29 heavy (non-hydrogen) atoms. The van der Waals surface area contributed by atoms with Gasteiger partial charge in [-0.05, 0) is 31.0 Å². The van der Waals surface area contributed by atoms with Crippen molar-refractivity contribution in [3.05, 3.63) is 18.2 Å². The molecular formula is C20H29N3O5S. The standard InChI is InChI=1S/C20H29N3O5S/c1-3-22(4-2)29(26,27)16-9-10-18-17(13-16)23(20(25)15-28-18)14-19(24)21-11-7-5-6-8-12-21/h9-10,13H,3-8,11-12,14-15H2,1-2H3. The lowest BCUT2D eigenvalue weighted by Gasteiger charge is -2.31. The largest absolute Gasteiger partial charge is 0.482 e. The van der Waals surface area contributed by atoms with E-state index in [2.05, 4.69) is 0 Å². The first-order chi connectivity index (χ1) is 13.9. The van der Waals surface area contributed by atoms with Crippen LogP contribution in [0.2, 0.25) is 0 Å². The summed E-state index contributed by atoms with van der Waals surface area (Å²) in [6.45, 7) is 5.37. The highest BCUT2D eigenvalue weighted by atomic mass is 32.2. The average molecular weight is 424 g/mol. The molecule has 0 aliphatic carbocycles. The van der Waals surface area contributed by atoms with Crippen molar-refractivity contribution in [2.45, 2.75) is 44.4 Å². The monoisotopic (exact) mass is 423 g/mol. The topological polar surface area (TPSA) is 87.2 Å². The van der Waals surface area contributed by atoms with Crippen LogP contribution in [-0.4, -0.2) is 68.8 Å². The van der Waals surface area contributed by atoms with Gasteiger partial charge in [-0.3, -0.25) is 14.5 Å². The number of carbonyl (C=O) groups excluding carboxylic acids is 2. The van der Waals surface area contributed by atoms with Crippen LogP contribution in [0.25, 0.3) is 0 Å². The van der Waals surface area contributed by atoms with Crippen molar-refractivity contribution in [3.63, 3.8) is 0 Å². The minimum Gasteiger partial charge on any atom is -0.482 e. The number of rotatable bonds is 6. The van der Waals surface area contributed by atoms with E-state index >= 15 is 0 Å². The summed E-state index contributed by atoms with van der Waals surface area (Å²) in [4.78, 5) is 28.6. The Hall–Kier alpha value is -2.13. The van der Waals surface area contributed by atoms with Gasteiger partial charge < -0.3 is 9.64 Å². The Morgan fingerprint density at radius 1 is 1.10 bits per heavy atom. The van der Waals surface area contributed by atoms with Crippen molar-refractivity contribution in [1.82, 2.24) is 9.21 Å². The molecule has 0 atom stereocenters. The molecule has 2 aliphatic heterocycles. The van der Waals surface area contributed by atoms with Gasteiger partial charge in [-0.15, -0.1) is 0 Å². The van der Waals surface area contributed by atoms with Crippen LogP contribution in [0.1, 0.15) is 39.5 Å². The summed E-state index contributed by atoms with van der Waals surface area (Å²) in [7, 11) is -3.68. The van der Waals surface area contributed by atoms with E-state index in [-0.39, 0.29) is 29.9 Å². The summed E-state index contributed by atoms with van der Waals surface area (Å²) in [5.41, 5.74) is 0.331. The van der Waals surface area contributed by atoms with Crippen LogP contribution in [0.5, 0.6) is 5.75 Å². The van der Waals surface area contributed by atoms with Crippen molar-refractivity contribution in [2.24, 2.45) is 0 Å². The highest BCUT2D eigenvalue weighted by molar-refractivity contribution is 7.89. The molecule has 9 heteroatoms. The Morgan fingerprint density at radius 3 is 2.38 bits per heavy atom. The van der Waals surface area contributed by atoms with Crippen LogP contribution in [-0.2, 0) is 19.6 Å². The molecule has 1 aromatic carbocycles. The van der Waals surface area contributed by atoms with Crippen LogP contribution < -0.4 is 9.64 Å². The minimum atomic E-state index is -3.68. The fraction of sp³-hybridized carbons (Fsp3) is 0.600. The van der Waals surface area contributed by atoms with Crippen molar-refractivity contribution in [2.75, 3.05) is 44.2 Å². The summed E-state index contributed by atoms with van der Waals surface area (Å²) >= 11 is 0. The quantitative estimate of drug-likeness (QED) is 0.697. The molecule has 1 saturated heterocycles. The van der Waals surface area contributed by atoms with E-state index in [4.69, 9.17) is 4.74 Å². The van der Waals surface area contributed by atoms with Gasteiger partial charge in [0.25, 0.3) is 5.91 Å². The highest BCUT2D eigenvalue weighted by Gasteiger charge is 2.31. The number of hydrogen-bond acceptors (Lipinski definition) is 5. The van der Waals surface area contributed by atoms with Gasteiger partial charge in [0.15, 0.2) is 6.61 Å². The van der Waals surface area contributed by atoms with Gasteiger partial charge in [0, 0.05) is 26.2 Å². The van der Waals surface area contributed by atoms with E-state index in [1.165, 1.54) is 21.3 Å². The van der Waals surface area contributed by atoms with Crippen molar-refractivity contribution in [1.29, 1.82) is 0 Å². The third-order valence-corrected chi connectivity index (χ3v) is 7.51. The number of likely N-dealkylation sites (tertiary alicyclic amines) is 1. The van der Waals surface area contributed by atoms with Crippen LogP contribution in [0.4, 0.5) is 5.69 Å². The molecule has 0 radical (unpaired) electrons. The maximum atomic E-state index is 12.9. The molecule has 2 heterocycles. The van der Waals surface area contributed by atoms with E-state index in [1.807, 2.05) is 0 Å². The molecule has 0 N–H and O–H groups in total. The number of benzene rings is 1. The molecule has 3 rings (SSSR count). The molecule has 0 spiro atoms. The summed E-state index contributed by atoms with van der Waals surface area (Å²) in [5, 5.41) is 0. The Kier molecular flexibility index (Phi) is 6.79. The lowest BCUT2D eigenvalue weighted by atomic mass is 10.2. The smallest absolute Gasteiger partial charge is 0.265 e. The fourth-order valence-corrected chi connectivity index (χ4v) is 5.26. The molecule has 8 nitrogen and oxygen atoms in total. The van der Waals surface area contributed by atoms with Crippen LogP contribution in [0.15, 0.2) is 23.1 Å². The first kappa shape index (κ1) is 21.6. The maximum absolute atomic E-state index is 12.9. The molecule has 160 valence electrons. The molecule has 0 bridgehead atoms. The lowest BCUT2D eigenvalue weighted by Crippen LogP contribution is -2.46. The highest BCUT2D eigenvalue weighted by Crippen LogP contribution is 2.35. The second kappa shape index (κ2) is 9.13. The lowest BCUT2D eigenvalue weighted by molar-refractivity contribution is -0.132. The number of anilines is 1. The first-order valence-corrected chi connectivity index (χ1v) is 11.7. The number of amides is 2. The van der Waals surface area contributed by atoms with E-state index in [0.717, 1.165) is 25.7 Å². The van der Waals surface area contributed by atoms with Gasteiger partial charge in [-0.25, -0.2) is 8.42 Å². The minimum absolute atomic E-state index is 0.0884. The van der Waals surface area contributed by atoms with Gasteiger partial charge in [-0.1, -0.05) is 26.7 Å². The van der Waals surface area contributed by atoms with Crippen LogP contribution in [0.3, 0.4) is 0 Å². The van der Waals surface area contributed by atoms with Gasteiger partial charge in [-0.2, -0.15) is 4.31 Å². The Morgan fingerprint density at radius 2 is 1.76 bits per heavy atom. The van der Waals surface area contributed by atoms with Crippen LogP contribution >= 0.6 is 0 Å². The molecule has 0 saturated carbocycles. The van der Waals surface area contributed by atoms with Gasteiger partial charge in [0.1, 0.15) is 12.3 Å². The Labute approximate surface area is 172 Å². The first-order valence-electron chi connectivity index (χ1n) is 10.2. The maximum Gasteiger partial charge on any atom is 0.265 e. The summed E-state index contributed by atoms with van der Waals surface area (Å²) in [5.74, 6) is -0.0603. The zero-order chi connectivity index (χ0) is 21.0. The number of nitrogens with zero attached hydrogens (tertiary/aromatic N) is 3. The van der Waals surface area contributed by atoms with E-state index in [1.54, 1.807) is 24.8 Å². The zero-order valence-electron chi connectivity index (χ0n) is 17.1. The van der Waals surface area contributed by atoms with Crippen molar-refractivity contribution < 1.29 is 22.7 Å². The van der Waals surface area contributed by atoms with E-state index < -0.39 is 10.0 Å². The normalized spacial score (nSPS) is 17.7. The van der Waals surface area contributed by atoms with Crippen LogP contribution in [0, 0.1) is 0 Å². The third kappa shape index (κ3) is 4.56. The number of ether oxygens (including phenoxy) is 1. The molecule has 2 aliphatic rings. The van der Waals surface area contributed by atoms with Gasteiger partial charge >= 0.3 is 0 Å². The van der Waals surface area contributed by atoms with Gasteiger partial charge in [0.2, 0.25) is 15.9 Å². The molecular weight excluding hydrogens is 394 g/mol. The Bertz CT molecular complexity index is 859. The van der Waals surface area contributed by atoms with E-state index in [0.29, 0.717) is 37.6 Å². The number of fused-ring (bicyclic) bond motifs is 1. The Balaban J connectivity index is 1.89. The molecule has 0 unspecified atom stereocenters. The summed E-state index contributed by atoms with van der Waals surface area (Å²) < 4.78 is 32.6.